The summed E-state index contributed by atoms with van der Waals surface area (Å²) in [5, 5.41) is 3.44. The predicted octanol–water partition coefficient (Wildman–Crippen LogP) is 4.00. The van der Waals surface area contributed by atoms with Crippen LogP contribution in [0.5, 0.6) is 0 Å². The first-order chi connectivity index (χ1) is 11.7. The Morgan fingerprint density at radius 1 is 1.25 bits per heavy atom. The first-order valence-electron chi connectivity index (χ1n) is 8.85. The lowest BCUT2D eigenvalue weighted by atomic mass is 9.75. The molecule has 4 nitrogen and oxygen atoms in total. The van der Waals surface area contributed by atoms with E-state index in [9.17, 15) is 0 Å². The van der Waals surface area contributed by atoms with E-state index in [0.29, 0.717) is 5.92 Å². The van der Waals surface area contributed by atoms with Crippen LogP contribution in [0.1, 0.15) is 42.4 Å². The number of nitrogens with one attached hydrogen (secondary N) is 1. The molecule has 0 atom stereocenters. The van der Waals surface area contributed by atoms with Gasteiger partial charge in [0.15, 0.2) is 0 Å². The molecule has 2 aromatic rings. The molecule has 24 heavy (non-hydrogen) atoms. The third-order valence-electron chi connectivity index (χ3n) is 5.69. The van der Waals surface area contributed by atoms with Crippen molar-refractivity contribution in [3.8, 4) is 0 Å². The summed E-state index contributed by atoms with van der Waals surface area (Å²) in [6.07, 6.45) is 6.37. The molecule has 0 radical (unpaired) electrons. The molecule has 126 valence electrons. The fourth-order valence-corrected chi connectivity index (χ4v) is 4.10. The lowest BCUT2D eigenvalue weighted by Gasteiger charge is -2.37. The van der Waals surface area contributed by atoms with E-state index in [4.69, 9.17) is 10.5 Å². The molecule has 0 saturated heterocycles. The number of ether oxygens (including phenoxy) is 1. The summed E-state index contributed by atoms with van der Waals surface area (Å²) in [5.41, 5.74) is 10.7. The van der Waals surface area contributed by atoms with Gasteiger partial charge in [-0.3, -0.25) is 0 Å². The van der Waals surface area contributed by atoms with Crippen molar-refractivity contribution >= 4 is 11.5 Å². The fraction of sp³-hybridized carbons (Fsp3) is 0.450. The molecule has 3 N–H and O–H groups in total. The second-order valence-electron chi connectivity index (χ2n) is 7.15. The van der Waals surface area contributed by atoms with Gasteiger partial charge in [-0.2, -0.15) is 0 Å². The van der Waals surface area contributed by atoms with E-state index in [0.717, 1.165) is 43.1 Å². The van der Waals surface area contributed by atoms with Crippen LogP contribution in [0.4, 0.5) is 11.5 Å². The van der Waals surface area contributed by atoms with Crippen molar-refractivity contribution in [1.29, 1.82) is 0 Å². The molecule has 1 aliphatic carbocycles. The standard InChI is InChI=1S/C20H25N3O/c1-14-8-11-22-19(18(14)21)23-12-15-6-9-20(10-7-15)17-5-3-2-4-16(17)13-24-20/h2-5,8,11,15H,6-7,9-10,12-13,21H2,1H3,(H,22,23). The van der Waals surface area contributed by atoms with Crippen molar-refractivity contribution in [2.75, 3.05) is 17.6 Å². The van der Waals surface area contributed by atoms with Crippen LogP contribution in [0.25, 0.3) is 0 Å². The lowest BCUT2D eigenvalue weighted by Crippen LogP contribution is -2.33. The van der Waals surface area contributed by atoms with Gasteiger partial charge in [-0.15, -0.1) is 0 Å². The molecule has 2 aliphatic rings. The number of fused-ring (bicyclic) bond motifs is 2. The molecule has 0 unspecified atom stereocenters. The molecular formula is C20H25N3O. The minimum atomic E-state index is -0.0340. The molecule has 4 rings (SSSR count). The fourth-order valence-electron chi connectivity index (χ4n) is 4.10. The summed E-state index contributed by atoms with van der Waals surface area (Å²) >= 11 is 0. The monoisotopic (exact) mass is 323 g/mol. The highest BCUT2D eigenvalue weighted by molar-refractivity contribution is 5.64. The van der Waals surface area contributed by atoms with Crippen molar-refractivity contribution < 1.29 is 4.74 Å². The molecule has 1 fully saturated rings. The third kappa shape index (κ3) is 2.65. The summed E-state index contributed by atoms with van der Waals surface area (Å²) in [6, 6.07) is 10.6. The third-order valence-corrected chi connectivity index (χ3v) is 5.69. The van der Waals surface area contributed by atoms with Crippen LogP contribution in [0.3, 0.4) is 0 Å². The molecule has 4 heteroatoms. The van der Waals surface area contributed by atoms with Gasteiger partial charge in [0.1, 0.15) is 5.82 Å². The summed E-state index contributed by atoms with van der Waals surface area (Å²) in [4.78, 5) is 4.36. The van der Waals surface area contributed by atoms with Crippen LogP contribution >= 0.6 is 0 Å². The van der Waals surface area contributed by atoms with E-state index in [-0.39, 0.29) is 5.60 Å². The maximum Gasteiger partial charge on any atom is 0.149 e. The van der Waals surface area contributed by atoms with Crippen molar-refractivity contribution in [2.24, 2.45) is 5.92 Å². The predicted molar refractivity (Wildman–Crippen MR) is 96.7 cm³/mol. The Labute approximate surface area is 143 Å². The maximum absolute atomic E-state index is 6.25. The molecule has 2 heterocycles. The second kappa shape index (κ2) is 6.10. The van der Waals surface area contributed by atoms with E-state index in [1.54, 1.807) is 0 Å². The van der Waals surface area contributed by atoms with Gasteiger partial charge in [-0.25, -0.2) is 4.98 Å². The van der Waals surface area contributed by atoms with Crippen molar-refractivity contribution in [1.82, 2.24) is 4.98 Å². The van der Waals surface area contributed by atoms with Crippen molar-refractivity contribution in [3.05, 3.63) is 53.2 Å². The molecule has 1 spiro atoms. The Bertz CT molecular complexity index is 735. The van der Waals surface area contributed by atoms with Crippen LogP contribution in [-0.4, -0.2) is 11.5 Å². The molecule has 1 aliphatic heterocycles. The number of hydrogen-bond donors (Lipinski definition) is 2. The summed E-state index contributed by atoms with van der Waals surface area (Å²) < 4.78 is 6.25. The van der Waals surface area contributed by atoms with Crippen LogP contribution in [0.15, 0.2) is 36.5 Å². The van der Waals surface area contributed by atoms with E-state index >= 15 is 0 Å². The van der Waals surface area contributed by atoms with E-state index in [1.165, 1.54) is 24.0 Å². The maximum atomic E-state index is 6.25. The van der Waals surface area contributed by atoms with Gasteiger partial charge >= 0.3 is 0 Å². The van der Waals surface area contributed by atoms with Crippen molar-refractivity contribution in [2.45, 2.75) is 44.8 Å². The second-order valence-corrected chi connectivity index (χ2v) is 7.15. The average molecular weight is 323 g/mol. The number of nitrogens with two attached hydrogens (primary N) is 1. The molecule has 0 bridgehead atoms. The number of benzene rings is 1. The largest absolute Gasteiger partial charge is 0.396 e. The number of nitrogens with zero attached hydrogens (tertiary/aromatic N) is 1. The number of anilines is 2. The molecular weight excluding hydrogens is 298 g/mol. The Hall–Kier alpha value is -2.07. The van der Waals surface area contributed by atoms with Crippen LogP contribution in [0.2, 0.25) is 0 Å². The Balaban J connectivity index is 1.38. The zero-order chi connectivity index (χ0) is 16.6. The van der Waals surface area contributed by atoms with Crippen LogP contribution in [-0.2, 0) is 16.9 Å². The number of rotatable bonds is 3. The minimum absolute atomic E-state index is 0.0340. The van der Waals surface area contributed by atoms with Gasteiger partial charge < -0.3 is 15.8 Å². The Morgan fingerprint density at radius 3 is 2.88 bits per heavy atom. The highest BCUT2D eigenvalue weighted by Gasteiger charge is 2.42. The number of aromatic nitrogens is 1. The van der Waals surface area contributed by atoms with Crippen LogP contribution in [0, 0.1) is 12.8 Å². The van der Waals surface area contributed by atoms with Crippen molar-refractivity contribution in [3.63, 3.8) is 0 Å². The Kier molecular flexibility index (Phi) is 3.93. The first kappa shape index (κ1) is 15.5. The molecule has 1 aromatic heterocycles. The van der Waals surface area contributed by atoms with Gasteiger partial charge in [0.05, 0.1) is 17.9 Å². The van der Waals surface area contributed by atoms with Gasteiger partial charge in [-0.1, -0.05) is 24.3 Å². The zero-order valence-corrected chi connectivity index (χ0v) is 14.2. The van der Waals surface area contributed by atoms with E-state index in [2.05, 4.69) is 34.6 Å². The van der Waals surface area contributed by atoms with Gasteiger partial charge in [0.25, 0.3) is 0 Å². The molecule has 1 saturated carbocycles. The summed E-state index contributed by atoms with van der Waals surface area (Å²) in [5.74, 6) is 1.46. The summed E-state index contributed by atoms with van der Waals surface area (Å²) in [7, 11) is 0. The number of nitrogen functional groups attached to an aromatic ring is 1. The summed E-state index contributed by atoms with van der Waals surface area (Å²) in [6.45, 7) is 3.71. The highest BCUT2D eigenvalue weighted by Crippen LogP contribution is 2.48. The van der Waals surface area contributed by atoms with E-state index in [1.807, 2.05) is 19.2 Å². The number of hydrogen-bond acceptors (Lipinski definition) is 4. The lowest BCUT2D eigenvalue weighted by molar-refractivity contribution is -0.0714. The highest BCUT2D eigenvalue weighted by atomic mass is 16.5. The first-order valence-corrected chi connectivity index (χ1v) is 8.85. The molecule has 1 aromatic carbocycles. The SMILES string of the molecule is Cc1ccnc(NCC2CCC3(CC2)OCc2ccccc23)c1N. The number of aryl methyl sites for hydroxylation is 1. The van der Waals surface area contributed by atoms with Gasteiger partial charge in [-0.05, 0) is 61.3 Å². The minimum Gasteiger partial charge on any atom is -0.396 e. The zero-order valence-electron chi connectivity index (χ0n) is 14.2. The van der Waals surface area contributed by atoms with Gasteiger partial charge in [0, 0.05) is 12.7 Å². The van der Waals surface area contributed by atoms with Gasteiger partial charge in [0.2, 0.25) is 0 Å². The Morgan fingerprint density at radius 2 is 2.04 bits per heavy atom. The van der Waals surface area contributed by atoms with E-state index < -0.39 is 0 Å². The smallest absolute Gasteiger partial charge is 0.149 e. The normalized spacial score (nSPS) is 25.6. The van der Waals surface area contributed by atoms with Crippen LogP contribution < -0.4 is 11.1 Å². The molecule has 0 amide bonds. The topological polar surface area (TPSA) is 60.2 Å². The average Bonchev–Trinajstić information content (AvgIpc) is 2.97. The number of pyridine rings is 1. The quantitative estimate of drug-likeness (QED) is 0.896.